The number of aliphatic hydroxyl groups excluding tert-OH is 1. The smallest absolute Gasteiger partial charge is 0.264 e. The van der Waals surface area contributed by atoms with E-state index in [2.05, 4.69) is 4.72 Å². The van der Waals surface area contributed by atoms with Gasteiger partial charge in [0.25, 0.3) is 10.0 Å². The van der Waals surface area contributed by atoms with Crippen LogP contribution in [0.5, 0.6) is 0 Å². The van der Waals surface area contributed by atoms with E-state index in [0.29, 0.717) is 0 Å². The van der Waals surface area contributed by atoms with Crippen molar-refractivity contribution in [3.8, 4) is 0 Å². The van der Waals surface area contributed by atoms with Gasteiger partial charge in [-0.2, -0.15) is 0 Å². The summed E-state index contributed by atoms with van der Waals surface area (Å²) in [5, 5.41) is 8.93. The maximum absolute atomic E-state index is 13.6. The summed E-state index contributed by atoms with van der Waals surface area (Å²) in [6, 6.07) is 9.46. The van der Waals surface area contributed by atoms with Crippen LogP contribution in [0.1, 0.15) is 5.56 Å². The quantitative estimate of drug-likeness (QED) is 0.910. The van der Waals surface area contributed by atoms with Crippen molar-refractivity contribution in [3.05, 3.63) is 59.7 Å². The predicted octanol–water partition coefficient (Wildman–Crippen LogP) is 2.26. The number of halogens is 2. The molecule has 2 rings (SSSR count). The number of hydrogen-bond acceptors (Lipinski definition) is 3. The van der Waals surface area contributed by atoms with Crippen LogP contribution in [0.15, 0.2) is 47.4 Å². The Morgan fingerprint density at radius 2 is 1.75 bits per heavy atom. The zero-order chi connectivity index (χ0) is 14.8. The Hall–Kier alpha value is -1.99. The number of nitrogens with one attached hydrogen (secondary N) is 1. The van der Waals surface area contributed by atoms with Gasteiger partial charge in [0.2, 0.25) is 0 Å². The third-order valence-corrected chi connectivity index (χ3v) is 3.93. The Kier molecular flexibility index (Phi) is 4.01. The van der Waals surface area contributed by atoms with Crippen molar-refractivity contribution >= 4 is 15.7 Å². The van der Waals surface area contributed by atoms with Gasteiger partial charge >= 0.3 is 0 Å². The summed E-state index contributed by atoms with van der Waals surface area (Å²) in [5.41, 5.74) is 0.194. The summed E-state index contributed by atoms with van der Waals surface area (Å²) < 4.78 is 53.2. The second-order valence-corrected chi connectivity index (χ2v) is 5.67. The number of sulfonamides is 1. The molecule has 0 fully saturated rings. The van der Waals surface area contributed by atoms with Crippen LogP contribution in [0.4, 0.5) is 14.5 Å². The predicted molar refractivity (Wildman–Crippen MR) is 69.5 cm³/mol. The van der Waals surface area contributed by atoms with E-state index in [-0.39, 0.29) is 11.3 Å². The number of aliphatic hydroxyl groups is 1. The summed E-state index contributed by atoms with van der Waals surface area (Å²) >= 11 is 0. The van der Waals surface area contributed by atoms with Crippen LogP contribution in [-0.4, -0.2) is 13.5 Å². The van der Waals surface area contributed by atoms with E-state index in [1.165, 1.54) is 12.1 Å². The molecule has 2 aromatic carbocycles. The monoisotopic (exact) mass is 299 g/mol. The highest BCUT2D eigenvalue weighted by Gasteiger charge is 2.23. The minimum Gasteiger partial charge on any atom is -0.392 e. The summed E-state index contributed by atoms with van der Waals surface area (Å²) in [6.45, 7) is -0.592. The molecule has 0 amide bonds. The van der Waals surface area contributed by atoms with E-state index in [1.54, 1.807) is 18.2 Å². The van der Waals surface area contributed by atoms with E-state index in [1.807, 2.05) is 0 Å². The Labute approximate surface area is 114 Å². The molecule has 0 atom stereocenters. The lowest BCUT2D eigenvalue weighted by molar-refractivity contribution is 0.280. The third-order valence-electron chi connectivity index (χ3n) is 2.55. The number of anilines is 1. The molecule has 0 aromatic heterocycles. The second-order valence-electron chi connectivity index (χ2n) is 4.02. The Morgan fingerprint density at radius 1 is 1.10 bits per heavy atom. The molecule has 2 N–H and O–H groups in total. The van der Waals surface area contributed by atoms with Crippen molar-refractivity contribution in [2.75, 3.05) is 4.72 Å². The minimum absolute atomic E-state index is 0.0302. The topological polar surface area (TPSA) is 66.4 Å². The number of benzene rings is 2. The standard InChI is InChI=1S/C13H11F2NO3S/c14-11-6-9(8-17)7-12(13(11)15)20(18,19)16-10-4-2-1-3-5-10/h1-7,16-17H,8H2. The van der Waals surface area contributed by atoms with Crippen molar-refractivity contribution in [3.63, 3.8) is 0 Å². The van der Waals surface area contributed by atoms with Crippen LogP contribution in [0, 0.1) is 11.6 Å². The van der Waals surface area contributed by atoms with Gasteiger partial charge in [0.05, 0.1) is 6.61 Å². The van der Waals surface area contributed by atoms with Crippen molar-refractivity contribution in [1.29, 1.82) is 0 Å². The molecule has 20 heavy (non-hydrogen) atoms. The van der Waals surface area contributed by atoms with Crippen molar-refractivity contribution < 1.29 is 22.3 Å². The lowest BCUT2D eigenvalue weighted by Gasteiger charge is -2.10. The van der Waals surface area contributed by atoms with E-state index in [0.717, 1.165) is 12.1 Å². The lowest BCUT2D eigenvalue weighted by Crippen LogP contribution is -2.16. The fourth-order valence-electron chi connectivity index (χ4n) is 1.62. The first-order chi connectivity index (χ1) is 9.44. The van der Waals surface area contributed by atoms with Gasteiger partial charge < -0.3 is 5.11 Å². The van der Waals surface area contributed by atoms with Crippen LogP contribution in [0.25, 0.3) is 0 Å². The fourth-order valence-corrected chi connectivity index (χ4v) is 2.82. The van der Waals surface area contributed by atoms with E-state index in [9.17, 15) is 17.2 Å². The van der Waals surface area contributed by atoms with Gasteiger partial charge in [-0.3, -0.25) is 4.72 Å². The summed E-state index contributed by atoms with van der Waals surface area (Å²) in [5.74, 6) is -2.81. The first kappa shape index (κ1) is 14.4. The van der Waals surface area contributed by atoms with Gasteiger partial charge in [-0.05, 0) is 29.8 Å². The maximum Gasteiger partial charge on any atom is 0.264 e. The Bertz CT molecular complexity index is 718. The molecule has 7 heteroatoms. The van der Waals surface area contributed by atoms with E-state index in [4.69, 9.17) is 5.11 Å². The van der Waals surface area contributed by atoms with Crippen molar-refractivity contribution in [1.82, 2.24) is 0 Å². The molecule has 0 aliphatic carbocycles. The molecule has 0 aliphatic heterocycles. The highest BCUT2D eigenvalue weighted by Crippen LogP contribution is 2.22. The highest BCUT2D eigenvalue weighted by atomic mass is 32.2. The summed E-state index contributed by atoms with van der Waals surface area (Å²) in [6.07, 6.45) is 0. The average Bonchev–Trinajstić information content (AvgIpc) is 2.42. The maximum atomic E-state index is 13.6. The van der Waals surface area contributed by atoms with Crippen LogP contribution >= 0.6 is 0 Å². The highest BCUT2D eigenvalue weighted by molar-refractivity contribution is 7.92. The van der Waals surface area contributed by atoms with Crippen LogP contribution in [-0.2, 0) is 16.6 Å². The van der Waals surface area contributed by atoms with E-state index >= 15 is 0 Å². The number of para-hydroxylation sites is 1. The number of hydrogen-bond donors (Lipinski definition) is 2. The molecule has 4 nitrogen and oxygen atoms in total. The molecule has 106 valence electrons. The zero-order valence-electron chi connectivity index (χ0n) is 10.2. The van der Waals surface area contributed by atoms with Gasteiger partial charge in [0.1, 0.15) is 4.90 Å². The van der Waals surface area contributed by atoms with Gasteiger partial charge in [0.15, 0.2) is 11.6 Å². The van der Waals surface area contributed by atoms with Gasteiger partial charge in [-0.25, -0.2) is 17.2 Å². The molecule has 0 spiro atoms. The first-order valence-electron chi connectivity index (χ1n) is 5.60. The molecular weight excluding hydrogens is 288 g/mol. The SMILES string of the molecule is O=S(=O)(Nc1ccccc1)c1cc(CO)cc(F)c1F. The normalized spacial score (nSPS) is 11.3. The van der Waals surface area contributed by atoms with E-state index < -0.39 is 33.2 Å². The van der Waals surface area contributed by atoms with Crippen molar-refractivity contribution in [2.24, 2.45) is 0 Å². The van der Waals surface area contributed by atoms with Crippen LogP contribution in [0.3, 0.4) is 0 Å². The lowest BCUT2D eigenvalue weighted by atomic mass is 10.2. The first-order valence-corrected chi connectivity index (χ1v) is 7.09. The summed E-state index contributed by atoms with van der Waals surface area (Å²) in [4.78, 5) is -0.842. The number of rotatable bonds is 4. The van der Waals surface area contributed by atoms with Gasteiger partial charge in [0, 0.05) is 5.69 Å². The molecule has 0 radical (unpaired) electrons. The molecule has 0 unspecified atom stereocenters. The molecular formula is C13H11F2NO3S. The molecule has 0 aliphatic rings. The third kappa shape index (κ3) is 2.94. The largest absolute Gasteiger partial charge is 0.392 e. The van der Waals surface area contributed by atoms with Crippen LogP contribution in [0.2, 0.25) is 0 Å². The molecule has 0 heterocycles. The summed E-state index contributed by atoms with van der Waals surface area (Å²) in [7, 11) is -4.28. The Balaban J connectivity index is 2.47. The molecule has 0 saturated carbocycles. The Morgan fingerprint density at radius 3 is 2.35 bits per heavy atom. The minimum atomic E-state index is -4.28. The zero-order valence-corrected chi connectivity index (χ0v) is 11.0. The van der Waals surface area contributed by atoms with Crippen LogP contribution < -0.4 is 4.72 Å². The average molecular weight is 299 g/mol. The van der Waals surface area contributed by atoms with Crippen molar-refractivity contribution in [2.45, 2.75) is 11.5 Å². The molecule has 0 saturated heterocycles. The molecule has 2 aromatic rings. The fraction of sp³-hybridized carbons (Fsp3) is 0.0769. The second kappa shape index (κ2) is 5.56. The van der Waals surface area contributed by atoms with Gasteiger partial charge in [-0.1, -0.05) is 18.2 Å². The van der Waals surface area contributed by atoms with Gasteiger partial charge in [-0.15, -0.1) is 0 Å². The molecule has 0 bridgehead atoms.